The summed E-state index contributed by atoms with van der Waals surface area (Å²) in [6.45, 7) is 2.80. The van der Waals surface area contributed by atoms with Crippen LogP contribution in [0.3, 0.4) is 0 Å². The van der Waals surface area contributed by atoms with Crippen LogP contribution >= 0.6 is 11.3 Å². The van der Waals surface area contributed by atoms with E-state index < -0.39 is 11.9 Å². The molecule has 0 saturated carbocycles. The number of thiophene rings is 1. The molecular formula is C25H20F2N4OS. The number of benzene rings is 1. The molecule has 0 saturated heterocycles. The molecule has 5 rings (SSSR count). The van der Waals surface area contributed by atoms with Crippen LogP contribution in [0.15, 0.2) is 65.5 Å². The fourth-order valence-electron chi connectivity index (χ4n) is 3.68. The van der Waals surface area contributed by atoms with Gasteiger partial charge in [-0.2, -0.15) is 13.8 Å². The summed E-state index contributed by atoms with van der Waals surface area (Å²) in [4.78, 5) is 14.8. The highest BCUT2D eigenvalue weighted by Crippen LogP contribution is 2.31. The average molecular weight is 463 g/mol. The number of hydrogen-bond acceptors (Lipinski definition) is 6. The maximum atomic E-state index is 13.9. The summed E-state index contributed by atoms with van der Waals surface area (Å²) in [6, 6.07) is 14.1. The van der Waals surface area contributed by atoms with Gasteiger partial charge in [0.1, 0.15) is 16.9 Å². The van der Waals surface area contributed by atoms with E-state index in [2.05, 4.69) is 28.3 Å². The van der Waals surface area contributed by atoms with E-state index in [0.717, 1.165) is 52.6 Å². The zero-order valence-corrected chi connectivity index (χ0v) is 18.6. The number of nitrogens with one attached hydrogen (secondary N) is 1. The van der Waals surface area contributed by atoms with E-state index >= 15 is 0 Å². The maximum absolute atomic E-state index is 13.9. The van der Waals surface area contributed by atoms with E-state index in [1.54, 1.807) is 23.9 Å². The number of nitrogens with zero attached hydrogens (tertiary/aromatic N) is 3. The number of fused-ring (bicyclic) bond motifs is 1. The fourth-order valence-corrected chi connectivity index (χ4v) is 4.55. The van der Waals surface area contributed by atoms with Crippen LogP contribution in [-0.4, -0.2) is 21.5 Å². The van der Waals surface area contributed by atoms with Crippen molar-refractivity contribution < 1.29 is 13.2 Å². The summed E-state index contributed by atoms with van der Waals surface area (Å²) < 4.78 is 32.1. The van der Waals surface area contributed by atoms with Crippen LogP contribution in [0.1, 0.15) is 16.9 Å². The first-order chi connectivity index (χ1) is 16.1. The second-order valence-electron chi connectivity index (χ2n) is 7.68. The van der Waals surface area contributed by atoms with E-state index in [9.17, 15) is 8.78 Å². The molecule has 0 atom stereocenters. The van der Waals surface area contributed by atoms with E-state index in [0.29, 0.717) is 11.4 Å². The Hall–Kier alpha value is -3.65. The Morgan fingerprint density at radius 1 is 0.970 bits per heavy atom. The number of hydrogen-bond donors (Lipinski definition) is 1. The second kappa shape index (κ2) is 9.07. The lowest BCUT2D eigenvalue weighted by molar-refractivity contribution is 0.515. The molecular weight excluding hydrogens is 442 g/mol. The third-order valence-corrected chi connectivity index (χ3v) is 6.25. The van der Waals surface area contributed by atoms with Crippen LogP contribution in [0.2, 0.25) is 0 Å². The van der Waals surface area contributed by atoms with Gasteiger partial charge in [0.2, 0.25) is 11.9 Å². The van der Waals surface area contributed by atoms with E-state index in [1.807, 2.05) is 30.3 Å². The van der Waals surface area contributed by atoms with Gasteiger partial charge in [-0.3, -0.25) is 0 Å². The van der Waals surface area contributed by atoms with Crippen molar-refractivity contribution >= 4 is 27.4 Å². The van der Waals surface area contributed by atoms with Crippen molar-refractivity contribution in [3.8, 4) is 22.5 Å². The molecule has 0 aliphatic carbocycles. The van der Waals surface area contributed by atoms with Crippen LogP contribution < -0.4 is 5.32 Å². The molecule has 1 N–H and O–H groups in total. The van der Waals surface area contributed by atoms with Crippen LogP contribution in [0.5, 0.6) is 0 Å². The second-order valence-corrected chi connectivity index (χ2v) is 8.92. The van der Waals surface area contributed by atoms with Gasteiger partial charge in [-0.1, -0.05) is 24.3 Å². The lowest BCUT2D eigenvalue weighted by Gasteiger charge is -2.09. The minimum Gasteiger partial charge on any atom is -0.472 e. The Morgan fingerprint density at radius 3 is 2.58 bits per heavy atom. The Balaban J connectivity index is 1.25. The van der Waals surface area contributed by atoms with Gasteiger partial charge >= 0.3 is 0 Å². The molecule has 0 amide bonds. The number of aryl methyl sites for hydroxylation is 2. The van der Waals surface area contributed by atoms with Crippen molar-refractivity contribution in [1.82, 2.24) is 15.0 Å². The third kappa shape index (κ3) is 4.61. The summed E-state index contributed by atoms with van der Waals surface area (Å²) in [6.07, 6.45) is 5.00. The van der Waals surface area contributed by atoms with Crippen LogP contribution in [0.4, 0.5) is 14.6 Å². The molecule has 5 nitrogen and oxygen atoms in total. The molecule has 33 heavy (non-hydrogen) atoms. The first-order valence-electron chi connectivity index (χ1n) is 10.5. The smallest absolute Gasteiger partial charge is 0.223 e. The number of rotatable bonds is 7. The lowest BCUT2D eigenvalue weighted by atomic mass is 10.0. The summed E-state index contributed by atoms with van der Waals surface area (Å²) in [7, 11) is 0. The molecule has 8 heteroatoms. The largest absolute Gasteiger partial charge is 0.472 e. The summed E-state index contributed by atoms with van der Waals surface area (Å²) in [5, 5.41) is 4.47. The molecule has 0 fully saturated rings. The monoisotopic (exact) mass is 462 g/mol. The summed E-state index contributed by atoms with van der Waals surface area (Å²) in [5.74, 6) is -0.175. The number of furan rings is 1. The normalized spacial score (nSPS) is 11.2. The third-order valence-electron chi connectivity index (χ3n) is 5.31. The number of pyridine rings is 1. The summed E-state index contributed by atoms with van der Waals surface area (Å²) in [5.41, 5.74) is 2.94. The van der Waals surface area contributed by atoms with Gasteiger partial charge in [0.05, 0.1) is 17.2 Å². The van der Waals surface area contributed by atoms with Gasteiger partial charge in [0.15, 0.2) is 5.82 Å². The molecule has 0 aliphatic rings. The minimum absolute atomic E-state index is 0.289. The molecule has 5 aromatic rings. The number of aromatic nitrogens is 3. The van der Waals surface area contributed by atoms with Crippen LogP contribution in [-0.2, 0) is 6.42 Å². The molecule has 0 bridgehead atoms. The Morgan fingerprint density at radius 2 is 1.82 bits per heavy atom. The molecule has 1 aromatic carbocycles. The van der Waals surface area contributed by atoms with Crippen molar-refractivity contribution in [3.63, 3.8) is 0 Å². The van der Waals surface area contributed by atoms with Crippen LogP contribution in [0, 0.1) is 18.8 Å². The van der Waals surface area contributed by atoms with Crippen molar-refractivity contribution in [2.45, 2.75) is 19.8 Å². The van der Waals surface area contributed by atoms with E-state index in [4.69, 9.17) is 9.40 Å². The van der Waals surface area contributed by atoms with E-state index in [1.165, 1.54) is 10.9 Å². The predicted octanol–water partition coefficient (Wildman–Crippen LogP) is 6.64. The minimum atomic E-state index is -0.823. The topological polar surface area (TPSA) is 63.8 Å². The molecule has 0 unspecified atom stereocenters. The first-order valence-corrected chi connectivity index (χ1v) is 11.3. The average Bonchev–Trinajstić information content (AvgIpc) is 3.46. The van der Waals surface area contributed by atoms with Crippen molar-refractivity contribution in [3.05, 3.63) is 83.4 Å². The highest BCUT2D eigenvalue weighted by molar-refractivity contribution is 7.18. The zero-order valence-electron chi connectivity index (χ0n) is 17.8. The molecule has 0 aliphatic heterocycles. The highest BCUT2D eigenvalue weighted by Gasteiger charge is 2.13. The predicted molar refractivity (Wildman–Crippen MR) is 126 cm³/mol. The fraction of sp³-hybridized carbons (Fsp3) is 0.160. The molecule has 4 heterocycles. The Kier molecular flexibility index (Phi) is 5.83. The van der Waals surface area contributed by atoms with Gasteiger partial charge < -0.3 is 9.73 Å². The van der Waals surface area contributed by atoms with Gasteiger partial charge in [-0.05, 0) is 55.2 Å². The quantitative estimate of drug-likeness (QED) is 0.217. The standard InChI is InChI=1S/C25H20F2N4OS/c1-15-13-20-24(30-23(31-25(20)33-15)18-10-12-32-14-18)28-11-2-3-16-4-6-17(7-5-16)19-8-9-21(26)29-22(19)27/h4-10,12-14H,2-3,11H2,1H3,(H,28,30,31). The van der Waals surface area contributed by atoms with Gasteiger partial charge in [-0.15, -0.1) is 11.3 Å². The van der Waals surface area contributed by atoms with E-state index in [-0.39, 0.29) is 5.56 Å². The lowest BCUT2D eigenvalue weighted by Crippen LogP contribution is -2.06. The highest BCUT2D eigenvalue weighted by atomic mass is 32.1. The van der Waals surface area contributed by atoms with Crippen LogP contribution in [0.25, 0.3) is 32.7 Å². The molecule has 0 spiro atoms. The zero-order chi connectivity index (χ0) is 22.8. The van der Waals surface area contributed by atoms with Crippen molar-refractivity contribution in [2.75, 3.05) is 11.9 Å². The number of anilines is 1. The first kappa shape index (κ1) is 21.2. The molecule has 166 valence electrons. The maximum Gasteiger partial charge on any atom is 0.223 e. The summed E-state index contributed by atoms with van der Waals surface area (Å²) >= 11 is 1.64. The van der Waals surface area contributed by atoms with Crippen molar-refractivity contribution in [2.24, 2.45) is 0 Å². The Labute approximate surface area is 193 Å². The molecule has 4 aromatic heterocycles. The van der Waals surface area contributed by atoms with Gasteiger partial charge in [0.25, 0.3) is 0 Å². The Bertz CT molecular complexity index is 1400. The SMILES string of the molecule is Cc1cc2c(NCCCc3ccc(-c4ccc(F)nc4F)cc3)nc(-c3ccoc3)nc2s1. The molecule has 0 radical (unpaired) electrons. The number of halogens is 2. The van der Waals surface area contributed by atoms with Crippen molar-refractivity contribution in [1.29, 1.82) is 0 Å². The van der Waals surface area contributed by atoms with Gasteiger partial charge in [0, 0.05) is 17.0 Å². The van der Waals surface area contributed by atoms with Gasteiger partial charge in [-0.25, -0.2) is 9.97 Å².